The van der Waals surface area contributed by atoms with Gasteiger partial charge in [-0.2, -0.15) is 0 Å². The predicted octanol–water partition coefficient (Wildman–Crippen LogP) is 10.9. The molecule has 1 atom stereocenters. The Bertz CT molecular complexity index is 690. The van der Waals surface area contributed by atoms with Crippen LogP contribution >= 0.6 is 0 Å². The quantitative estimate of drug-likeness (QED) is 0.0406. The van der Waals surface area contributed by atoms with Gasteiger partial charge >= 0.3 is 18.2 Å². The first-order chi connectivity index (χ1) is 22.5. The van der Waals surface area contributed by atoms with Crippen LogP contribution in [0.25, 0.3) is 0 Å². The fourth-order valence-electron chi connectivity index (χ4n) is 5.61. The summed E-state index contributed by atoms with van der Waals surface area (Å²) in [5, 5.41) is 5.44. The Hall–Kier alpha value is -1.99. The number of amides is 2. The number of esters is 1. The van der Waals surface area contributed by atoms with Crippen LogP contribution in [0.3, 0.4) is 0 Å². The molecule has 8 heteroatoms. The van der Waals surface area contributed by atoms with E-state index < -0.39 is 24.2 Å². The van der Waals surface area contributed by atoms with Crippen LogP contribution in [0.2, 0.25) is 0 Å². The van der Waals surface area contributed by atoms with Gasteiger partial charge in [-0.25, -0.2) is 14.4 Å². The fourth-order valence-corrected chi connectivity index (χ4v) is 5.61. The number of carbonyl (C=O) groups excluding carboxylic acids is 3. The van der Waals surface area contributed by atoms with Gasteiger partial charge in [0.2, 0.25) is 0 Å². The molecule has 0 heterocycles. The van der Waals surface area contributed by atoms with Gasteiger partial charge in [0.1, 0.15) is 6.04 Å². The van der Waals surface area contributed by atoms with E-state index in [0.717, 1.165) is 32.1 Å². The van der Waals surface area contributed by atoms with Gasteiger partial charge in [0.15, 0.2) is 0 Å². The Morgan fingerprint density at radius 3 is 1.26 bits per heavy atom. The number of carbonyl (C=O) groups is 3. The molecule has 2 N–H and O–H groups in total. The lowest BCUT2D eigenvalue weighted by atomic mass is 10.1. The molecule has 0 aromatic carbocycles. The lowest BCUT2D eigenvalue weighted by Gasteiger charge is -2.17. The molecule has 0 aromatic rings. The molecule has 0 saturated carbocycles. The van der Waals surface area contributed by atoms with Crippen molar-refractivity contribution in [1.82, 2.24) is 10.6 Å². The fraction of sp³-hybridized carbons (Fsp3) is 0.921. The largest absolute Gasteiger partial charge is 0.464 e. The van der Waals surface area contributed by atoms with E-state index >= 15 is 0 Å². The zero-order chi connectivity index (χ0) is 33.8. The normalized spacial score (nSPS) is 11.6. The maximum atomic E-state index is 12.4. The van der Waals surface area contributed by atoms with Crippen LogP contribution in [-0.2, 0) is 19.0 Å². The molecular formula is C38H74N2O6. The molecule has 1 unspecified atom stereocenters. The summed E-state index contributed by atoms with van der Waals surface area (Å²) < 4.78 is 15.7. The molecule has 0 rings (SSSR count). The second-order valence-electron chi connectivity index (χ2n) is 12.9. The molecule has 272 valence electrons. The lowest BCUT2D eigenvalue weighted by Crippen LogP contribution is -2.42. The number of hydrogen-bond donors (Lipinski definition) is 2. The highest BCUT2D eigenvalue weighted by Crippen LogP contribution is 2.13. The summed E-state index contributed by atoms with van der Waals surface area (Å²) >= 11 is 0. The Morgan fingerprint density at radius 2 is 0.848 bits per heavy atom. The summed E-state index contributed by atoms with van der Waals surface area (Å²) in [6.07, 6.45) is 31.0. The number of rotatable bonds is 34. The van der Waals surface area contributed by atoms with Crippen molar-refractivity contribution in [3.8, 4) is 0 Å². The van der Waals surface area contributed by atoms with Crippen molar-refractivity contribution < 1.29 is 28.6 Å². The summed E-state index contributed by atoms with van der Waals surface area (Å²) in [5.74, 6) is -0.459. The van der Waals surface area contributed by atoms with Gasteiger partial charge in [0, 0.05) is 6.54 Å². The number of nitrogens with one attached hydrogen (secondary N) is 2. The highest BCUT2D eigenvalue weighted by molar-refractivity contribution is 5.81. The average Bonchev–Trinajstić information content (AvgIpc) is 3.04. The third-order valence-electron chi connectivity index (χ3n) is 8.51. The van der Waals surface area contributed by atoms with Crippen LogP contribution in [-0.4, -0.2) is 50.6 Å². The Kier molecular flexibility index (Phi) is 34.3. The Morgan fingerprint density at radius 1 is 0.457 bits per heavy atom. The van der Waals surface area contributed by atoms with Crippen molar-refractivity contribution in [2.45, 2.75) is 200 Å². The highest BCUT2D eigenvalue weighted by Gasteiger charge is 2.22. The van der Waals surface area contributed by atoms with E-state index in [1.54, 1.807) is 6.92 Å². The first-order valence-corrected chi connectivity index (χ1v) is 19.6. The topological polar surface area (TPSA) is 103 Å². The van der Waals surface area contributed by atoms with Gasteiger partial charge < -0.3 is 24.8 Å². The van der Waals surface area contributed by atoms with Gasteiger partial charge in [-0.05, 0) is 39.0 Å². The van der Waals surface area contributed by atoms with Crippen LogP contribution in [0.1, 0.15) is 194 Å². The van der Waals surface area contributed by atoms with Crippen LogP contribution in [0, 0.1) is 0 Å². The third kappa shape index (κ3) is 32.0. The maximum Gasteiger partial charge on any atom is 0.407 e. The monoisotopic (exact) mass is 655 g/mol. The van der Waals surface area contributed by atoms with E-state index in [0.29, 0.717) is 39.0 Å². The molecule has 2 amide bonds. The predicted molar refractivity (Wildman–Crippen MR) is 190 cm³/mol. The average molecular weight is 655 g/mol. The van der Waals surface area contributed by atoms with Crippen LogP contribution < -0.4 is 10.6 Å². The number of hydrogen-bond acceptors (Lipinski definition) is 6. The standard InChI is InChI=1S/C38H74N2O6/c1-4-7-9-11-13-15-17-19-21-23-25-29-33-45-37(42)39-32-28-27-31-35(36(41)44-6-3)40-38(43)46-34-30-26-24-22-20-18-16-14-12-10-8-5-2/h35H,4-34H2,1-3H3,(H,39,42)(H,40,43). The molecule has 0 aliphatic rings. The first-order valence-electron chi connectivity index (χ1n) is 19.6. The van der Waals surface area contributed by atoms with Gasteiger partial charge in [-0.1, -0.05) is 155 Å². The van der Waals surface area contributed by atoms with Crippen molar-refractivity contribution in [1.29, 1.82) is 0 Å². The van der Waals surface area contributed by atoms with Gasteiger partial charge in [-0.3, -0.25) is 0 Å². The number of ether oxygens (including phenoxy) is 3. The van der Waals surface area contributed by atoms with E-state index in [-0.39, 0.29) is 6.61 Å². The van der Waals surface area contributed by atoms with Gasteiger partial charge in [0.25, 0.3) is 0 Å². The molecular weight excluding hydrogens is 580 g/mol. The smallest absolute Gasteiger partial charge is 0.407 e. The molecule has 0 radical (unpaired) electrons. The zero-order valence-electron chi connectivity index (χ0n) is 30.4. The molecule has 0 bridgehead atoms. The van der Waals surface area contributed by atoms with Crippen molar-refractivity contribution in [3.05, 3.63) is 0 Å². The minimum Gasteiger partial charge on any atom is -0.464 e. The molecule has 0 aromatic heterocycles. The third-order valence-corrected chi connectivity index (χ3v) is 8.51. The SMILES string of the molecule is CCCCCCCCCCCCCCOC(=O)NCCCCC(NC(=O)OCCCCCCCCCCCCCC)C(=O)OCC. The number of alkyl carbamates (subject to hydrolysis) is 2. The van der Waals surface area contributed by atoms with Crippen molar-refractivity contribution in [2.24, 2.45) is 0 Å². The van der Waals surface area contributed by atoms with Crippen LogP contribution in [0.15, 0.2) is 0 Å². The van der Waals surface area contributed by atoms with E-state index in [4.69, 9.17) is 14.2 Å². The molecule has 0 aliphatic carbocycles. The van der Waals surface area contributed by atoms with Gasteiger partial charge in [0.05, 0.1) is 19.8 Å². The summed E-state index contributed by atoms with van der Waals surface area (Å²) in [6.45, 7) is 7.75. The van der Waals surface area contributed by atoms with E-state index in [1.165, 1.54) is 122 Å². The Balaban J connectivity index is 3.80. The number of unbranched alkanes of at least 4 members (excludes halogenated alkanes) is 23. The van der Waals surface area contributed by atoms with E-state index in [2.05, 4.69) is 24.5 Å². The molecule has 46 heavy (non-hydrogen) atoms. The summed E-state index contributed by atoms with van der Waals surface area (Å²) in [7, 11) is 0. The van der Waals surface area contributed by atoms with E-state index in [9.17, 15) is 14.4 Å². The highest BCUT2D eigenvalue weighted by atomic mass is 16.6. The first kappa shape index (κ1) is 44.0. The molecule has 0 saturated heterocycles. The van der Waals surface area contributed by atoms with Crippen LogP contribution in [0.4, 0.5) is 9.59 Å². The molecule has 0 fully saturated rings. The van der Waals surface area contributed by atoms with Crippen molar-refractivity contribution in [2.75, 3.05) is 26.4 Å². The van der Waals surface area contributed by atoms with Crippen LogP contribution in [0.5, 0.6) is 0 Å². The summed E-state index contributed by atoms with van der Waals surface area (Å²) in [6, 6.07) is -0.757. The minimum atomic E-state index is -0.757. The van der Waals surface area contributed by atoms with Crippen molar-refractivity contribution in [3.63, 3.8) is 0 Å². The van der Waals surface area contributed by atoms with E-state index in [1.807, 2.05) is 0 Å². The second kappa shape index (κ2) is 35.9. The zero-order valence-corrected chi connectivity index (χ0v) is 30.4. The molecule has 0 spiro atoms. The second-order valence-corrected chi connectivity index (χ2v) is 12.9. The molecule has 0 aliphatic heterocycles. The van der Waals surface area contributed by atoms with Crippen molar-refractivity contribution >= 4 is 18.2 Å². The lowest BCUT2D eigenvalue weighted by molar-refractivity contribution is -0.145. The Labute approximate surface area is 283 Å². The maximum absolute atomic E-state index is 12.4. The minimum absolute atomic E-state index is 0.248. The van der Waals surface area contributed by atoms with Gasteiger partial charge in [-0.15, -0.1) is 0 Å². The summed E-state index contributed by atoms with van der Waals surface area (Å²) in [5.41, 5.74) is 0. The summed E-state index contributed by atoms with van der Waals surface area (Å²) in [4.78, 5) is 36.6. The molecule has 8 nitrogen and oxygen atoms in total.